The molecule has 0 aliphatic carbocycles. The zero-order valence-corrected chi connectivity index (χ0v) is 17.3. The first-order valence-corrected chi connectivity index (χ1v) is 9.84. The molecule has 0 radical (unpaired) electrons. The Morgan fingerprint density at radius 1 is 0.794 bits per heavy atom. The molecular formula is C24H15F5N4O. The average Bonchev–Trinajstić information content (AvgIpc) is 2.85. The molecule has 0 bridgehead atoms. The molecule has 4 aromatic rings. The Morgan fingerprint density at radius 3 is 2.00 bits per heavy atom. The van der Waals surface area contributed by atoms with E-state index < -0.39 is 47.0 Å². The lowest BCUT2D eigenvalue weighted by atomic mass is 10.1. The molecule has 172 valence electrons. The standard InChI is InChI=1S/C24H15F5N4O/c25-18-15(19(26)21(28)22(29)20(18)27)10-17(34)33-24-23(13-4-2-1-3-5-13)32-16(11-31-24)12-6-8-14(30)9-7-12/h1-9,11H,10,30H2,(H,31,33,34). The Hall–Kier alpha value is -4.34. The summed E-state index contributed by atoms with van der Waals surface area (Å²) in [6, 6.07) is 15.5. The van der Waals surface area contributed by atoms with Crippen molar-refractivity contribution in [1.29, 1.82) is 0 Å². The van der Waals surface area contributed by atoms with Crippen LogP contribution in [-0.4, -0.2) is 15.9 Å². The van der Waals surface area contributed by atoms with Crippen molar-refractivity contribution >= 4 is 17.4 Å². The fourth-order valence-electron chi connectivity index (χ4n) is 3.21. The second-order valence-corrected chi connectivity index (χ2v) is 7.21. The van der Waals surface area contributed by atoms with Crippen molar-refractivity contribution in [1.82, 2.24) is 9.97 Å². The van der Waals surface area contributed by atoms with Crippen molar-refractivity contribution < 1.29 is 26.7 Å². The highest BCUT2D eigenvalue weighted by Gasteiger charge is 2.27. The number of hydrogen-bond acceptors (Lipinski definition) is 4. The second-order valence-electron chi connectivity index (χ2n) is 7.21. The molecule has 0 atom stereocenters. The summed E-state index contributed by atoms with van der Waals surface area (Å²) in [6.07, 6.45) is 0.257. The summed E-state index contributed by atoms with van der Waals surface area (Å²) in [5.41, 5.74) is 6.97. The van der Waals surface area contributed by atoms with Gasteiger partial charge in [-0.1, -0.05) is 42.5 Å². The van der Waals surface area contributed by atoms with Crippen molar-refractivity contribution in [2.45, 2.75) is 6.42 Å². The van der Waals surface area contributed by atoms with Crippen LogP contribution in [-0.2, 0) is 11.2 Å². The van der Waals surface area contributed by atoms with Crippen LogP contribution in [0.3, 0.4) is 0 Å². The first kappa shape index (κ1) is 22.8. The lowest BCUT2D eigenvalue weighted by Gasteiger charge is -2.13. The lowest BCUT2D eigenvalue weighted by molar-refractivity contribution is -0.115. The minimum atomic E-state index is -2.30. The number of nitrogen functional groups attached to an aromatic ring is 1. The highest BCUT2D eigenvalue weighted by atomic mass is 19.2. The van der Waals surface area contributed by atoms with Gasteiger partial charge in [0.2, 0.25) is 11.7 Å². The molecule has 0 saturated heterocycles. The number of carbonyl (C=O) groups excluding carboxylic acids is 1. The third-order valence-electron chi connectivity index (χ3n) is 4.92. The van der Waals surface area contributed by atoms with Gasteiger partial charge in [-0.15, -0.1) is 0 Å². The fourth-order valence-corrected chi connectivity index (χ4v) is 3.21. The number of anilines is 2. The minimum Gasteiger partial charge on any atom is -0.399 e. The van der Waals surface area contributed by atoms with Gasteiger partial charge >= 0.3 is 0 Å². The fraction of sp³-hybridized carbons (Fsp3) is 0.0417. The molecule has 3 aromatic carbocycles. The van der Waals surface area contributed by atoms with Gasteiger partial charge in [0.1, 0.15) is 5.69 Å². The summed E-state index contributed by atoms with van der Waals surface area (Å²) >= 11 is 0. The monoisotopic (exact) mass is 470 g/mol. The Bertz CT molecular complexity index is 1350. The van der Waals surface area contributed by atoms with Crippen LogP contribution in [0, 0.1) is 29.1 Å². The van der Waals surface area contributed by atoms with Gasteiger partial charge in [0.05, 0.1) is 18.3 Å². The molecule has 0 unspecified atom stereocenters. The molecule has 10 heteroatoms. The maximum Gasteiger partial charge on any atom is 0.230 e. The zero-order valence-electron chi connectivity index (χ0n) is 17.3. The smallest absolute Gasteiger partial charge is 0.230 e. The number of rotatable bonds is 5. The van der Waals surface area contributed by atoms with Gasteiger partial charge in [-0.2, -0.15) is 0 Å². The minimum absolute atomic E-state index is 0.0562. The number of hydrogen-bond donors (Lipinski definition) is 2. The van der Waals surface area contributed by atoms with E-state index in [0.29, 0.717) is 22.5 Å². The molecule has 1 heterocycles. The largest absolute Gasteiger partial charge is 0.399 e. The molecule has 5 nitrogen and oxygen atoms in total. The third-order valence-corrected chi connectivity index (χ3v) is 4.92. The van der Waals surface area contributed by atoms with Crippen LogP contribution in [0.25, 0.3) is 22.5 Å². The van der Waals surface area contributed by atoms with Crippen molar-refractivity contribution in [3.05, 3.63) is 95.4 Å². The summed E-state index contributed by atoms with van der Waals surface area (Å²) in [5.74, 6) is -11.8. The molecule has 0 spiro atoms. The predicted molar refractivity (Wildman–Crippen MR) is 116 cm³/mol. The van der Waals surface area contributed by atoms with Crippen molar-refractivity contribution in [3.63, 3.8) is 0 Å². The van der Waals surface area contributed by atoms with E-state index in [0.717, 1.165) is 0 Å². The van der Waals surface area contributed by atoms with Crippen molar-refractivity contribution in [2.24, 2.45) is 0 Å². The number of halogens is 5. The number of carbonyl (C=O) groups is 1. The Balaban J connectivity index is 1.69. The molecule has 0 aliphatic heterocycles. The Kier molecular flexibility index (Phi) is 6.22. The van der Waals surface area contributed by atoms with E-state index in [4.69, 9.17) is 5.73 Å². The number of aromatic nitrogens is 2. The second kappa shape index (κ2) is 9.26. The number of nitrogens with two attached hydrogens (primary N) is 1. The number of amides is 1. The first-order chi connectivity index (χ1) is 16.3. The first-order valence-electron chi connectivity index (χ1n) is 9.84. The zero-order chi connectivity index (χ0) is 24.4. The third kappa shape index (κ3) is 4.42. The number of nitrogens with zero attached hydrogens (tertiary/aromatic N) is 2. The van der Waals surface area contributed by atoms with Gasteiger partial charge in [0, 0.05) is 22.4 Å². The van der Waals surface area contributed by atoms with Gasteiger partial charge in [0.15, 0.2) is 29.1 Å². The van der Waals surface area contributed by atoms with Crippen molar-refractivity contribution in [3.8, 4) is 22.5 Å². The topological polar surface area (TPSA) is 80.9 Å². The highest BCUT2D eigenvalue weighted by Crippen LogP contribution is 2.29. The van der Waals surface area contributed by atoms with Crippen LogP contribution in [0.2, 0.25) is 0 Å². The van der Waals surface area contributed by atoms with E-state index in [2.05, 4.69) is 15.3 Å². The molecule has 34 heavy (non-hydrogen) atoms. The highest BCUT2D eigenvalue weighted by molar-refractivity contribution is 5.94. The van der Waals surface area contributed by atoms with E-state index in [-0.39, 0.29) is 11.5 Å². The average molecular weight is 470 g/mol. The van der Waals surface area contributed by atoms with E-state index in [1.54, 1.807) is 54.6 Å². The van der Waals surface area contributed by atoms with Gasteiger partial charge in [-0.25, -0.2) is 31.9 Å². The van der Waals surface area contributed by atoms with Gasteiger partial charge in [0.25, 0.3) is 0 Å². The van der Waals surface area contributed by atoms with E-state index in [1.165, 1.54) is 6.20 Å². The molecule has 1 aromatic heterocycles. The summed E-state index contributed by atoms with van der Waals surface area (Å²) in [4.78, 5) is 21.3. The summed E-state index contributed by atoms with van der Waals surface area (Å²) in [5, 5.41) is 2.35. The van der Waals surface area contributed by atoms with Crippen molar-refractivity contribution in [2.75, 3.05) is 11.1 Å². The van der Waals surface area contributed by atoms with Crippen LogP contribution < -0.4 is 11.1 Å². The molecule has 0 aliphatic rings. The number of benzene rings is 3. The summed E-state index contributed by atoms with van der Waals surface area (Å²) in [6.45, 7) is 0. The van der Waals surface area contributed by atoms with Gasteiger partial charge in [-0.05, 0) is 12.1 Å². The Morgan fingerprint density at radius 2 is 1.38 bits per heavy atom. The van der Waals surface area contributed by atoms with E-state index in [9.17, 15) is 26.7 Å². The van der Waals surface area contributed by atoms with Crippen LogP contribution >= 0.6 is 0 Å². The molecular weight excluding hydrogens is 455 g/mol. The number of nitrogens with one attached hydrogen (secondary N) is 1. The maximum atomic E-state index is 14.0. The Labute approximate surface area is 190 Å². The molecule has 4 rings (SSSR count). The SMILES string of the molecule is Nc1ccc(-c2cnc(NC(=O)Cc3c(F)c(F)c(F)c(F)c3F)c(-c3ccccc3)n2)cc1. The quantitative estimate of drug-likeness (QED) is 0.180. The lowest BCUT2D eigenvalue weighted by Crippen LogP contribution is -2.19. The van der Waals surface area contributed by atoms with E-state index in [1.807, 2.05) is 0 Å². The normalized spacial score (nSPS) is 10.9. The molecule has 0 saturated carbocycles. The molecule has 3 N–H and O–H groups in total. The van der Waals surface area contributed by atoms with Crippen LogP contribution in [0.15, 0.2) is 60.8 Å². The summed E-state index contributed by atoms with van der Waals surface area (Å²) in [7, 11) is 0. The van der Waals surface area contributed by atoms with Crippen LogP contribution in [0.5, 0.6) is 0 Å². The van der Waals surface area contributed by atoms with Gasteiger partial charge < -0.3 is 11.1 Å². The molecule has 0 fully saturated rings. The van der Waals surface area contributed by atoms with E-state index >= 15 is 0 Å². The summed E-state index contributed by atoms with van der Waals surface area (Å²) < 4.78 is 68.2. The van der Waals surface area contributed by atoms with Crippen LogP contribution in [0.1, 0.15) is 5.56 Å². The predicted octanol–water partition coefficient (Wildman–Crippen LogP) is 5.27. The van der Waals surface area contributed by atoms with Crippen LogP contribution in [0.4, 0.5) is 33.5 Å². The van der Waals surface area contributed by atoms with Gasteiger partial charge in [-0.3, -0.25) is 4.79 Å². The maximum absolute atomic E-state index is 14.0. The molecule has 1 amide bonds.